The van der Waals surface area contributed by atoms with Crippen LogP contribution < -0.4 is 10.2 Å². The predicted octanol–water partition coefficient (Wildman–Crippen LogP) is 2.42. The average Bonchev–Trinajstić information content (AvgIpc) is 2.97. The van der Waals surface area contributed by atoms with Crippen LogP contribution in [0.2, 0.25) is 0 Å². The lowest BCUT2D eigenvalue weighted by molar-refractivity contribution is 0.439. The van der Waals surface area contributed by atoms with Gasteiger partial charge in [0.05, 0.1) is 0 Å². The van der Waals surface area contributed by atoms with Crippen molar-refractivity contribution in [3.8, 4) is 11.4 Å². The molecule has 2 aromatic rings. The number of anilines is 1. The fourth-order valence-electron chi connectivity index (χ4n) is 2.53. The zero-order valence-electron chi connectivity index (χ0n) is 11.4. The van der Waals surface area contributed by atoms with Crippen molar-refractivity contribution in [1.82, 2.24) is 20.5 Å². The van der Waals surface area contributed by atoms with Gasteiger partial charge in [-0.25, -0.2) is 0 Å². The summed E-state index contributed by atoms with van der Waals surface area (Å²) in [6.45, 7) is 2.00. The van der Waals surface area contributed by atoms with Crippen LogP contribution >= 0.6 is 15.9 Å². The van der Waals surface area contributed by atoms with E-state index in [4.69, 9.17) is 0 Å². The van der Waals surface area contributed by atoms with E-state index in [1.165, 1.54) is 0 Å². The lowest BCUT2D eigenvalue weighted by atomic mass is 10.1. The van der Waals surface area contributed by atoms with Crippen LogP contribution in [0.4, 0.5) is 5.95 Å². The van der Waals surface area contributed by atoms with Crippen molar-refractivity contribution in [1.29, 1.82) is 0 Å². The van der Waals surface area contributed by atoms with Crippen molar-refractivity contribution < 1.29 is 0 Å². The van der Waals surface area contributed by atoms with E-state index < -0.39 is 0 Å². The quantitative estimate of drug-likeness (QED) is 0.904. The number of nitrogens with zero attached hydrogens (tertiary/aromatic N) is 3. The highest BCUT2D eigenvalue weighted by Crippen LogP contribution is 2.22. The number of benzene rings is 1. The van der Waals surface area contributed by atoms with Crippen LogP contribution in [0.25, 0.3) is 11.4 Å². The SMILES string of the molecule is CNC1CCN(c2n[nH]c(-c3cccc(Br)c3)n2)CC1. The van der Waals surface area contributed by atoms with Gasteiger partial charge in [0.25, 0.3) is 0 Å². The van der Waals surface area contributed by atoms with Crippen molar-refractivity contribution in [3.05, 3.63) is 28.7 Å². The minimum absolute atomic E-state index is 0.620. The van der Waals surface area contributed by atoms with Crippen molar-refractivity contribution >= 4 is 21.9 Å². The summed E-state index contributed by atoms with van der Waals surface area (Å²) in [6.07, 6.45) is 2.27. The molecule has 5 nitrogen and oxygen atoms in total. The summed E-state index contributed by atoms with van der Waals surface area (Å²) in [5, 5.41) is 10.7. The summed E-state index contributed by atoms with van der Waals surface area (Å²) in [4.78, 5) is 6.86. The molecule has 6 heteroatoms. The maximum absolute atomic E-state index is 4.61. The van der Waals surface area contributed by atoms with Crippen LogP contribution in [0.15, 0.2) is 28.7 Å². The van der Waals surface area contributed by atoms with Gasteiger partial charge in [0.15, 0.2) is 5.82 Å². The van der Waals surface area contributed by atoms with Gasteiger partial charge < -0.3 is 10.2 Å². The zero-order chi connectivity index (χ0) is 13.9. The van der Waals surface area contributed by atoms with E-state index in [0.29, 0.717) is 6.04 Å². The van der Waals surface area contributed by atoms with Crippen LogP contribution in [0.1, 0.15) is 12.8 Å². The van der Waals surface area contributed by atoms with Gasteiger partial charge in [-0.1, -0.05) is 28.1 Å². The zero-order valence-corrected chi connectivity index (χ0v) is 13.0. The lowest BCUT2D eigenvalue weighted by Crippen LogP contribution is -2.41. The molecule has 0 aliphatic carbocycles. The van der Waals surface area contributed by atoms with Gasteiger partial charge >= 0.3 is 0 Å². The van der Waals surface area contributed by atoms with Gasteiger partial charge in [0, 0.05) is 29.2 Å². The molecule has 1 aromatic heterocycles. The molecule has 1 aliphatic rings. The van der Waals surface area contributed by atoms with Crippen molar-refractivity contribution in [2.75, 3.05) is 25.0 Å². The van der Waals surface area contributed by atoms with Gasteiger partial charge in [0.1, 0.15) is 0 Å². The molecule has 1 aromatic carbocycles. The van der Waals surface area contributed by atoms with Gasteiger partial charge in [-0.15, -0.1) is 5.10 Å². The molecule has 2 N–H and O–H groups in total. The molecule has 0 spiro atoms. The normalized spacial score (nSPS) is 16.6. The molecule has 106 valence electrons. The molecule has 0 atom stereocenters. The monoisotopic (exact) mass is 335 g/mol. The summed E-state index contributed by atoms with van der Waals surface area (Å²) in [5.74, 6) is 1.62. The molecule has 1 fully saturated rings. The number of aromatic nitrogens is 3. The van der Waals surface area contributed by atoms with Crippen LogP contribution in [0, 0.1) is 0 Å². The first-order valence-corrected chi connectivity index (χ1v) is 7.66. The van der Waals surface area contributed by atoms with Gasteiger partial charge in [0.2, 0.25) is 5.95 Å². The van der Waals surface area contributed by atoms with E-state index in [1.54, 1.807) is 0 Å². The number of rotatable bonds is 3. The number of hydrogen-bond acceptors (Lipinski definition) is 4. The highest BCUT2D eigenvalue weighted by atomic mass is 79.9. The number of H-pyrrole nitrogens is 1. The van der Waals surface area contributed by atoms with E-state index in [-0.39, 0.29) is 0 Å². The van der Waals surface area contributed by atoms with Gasteiger partial charge in [-0.05, 0) is 32.0 Å². The van der Waals surface area contributed by atoms with Gasteiger partial charge in [-0.2, -0.15) is 4.98 Å². The molecule has 0 saturated carbocycles. The summed E-state index contributed by atoms with van der Waals surface area (Å²) in [5.41, 5.74) is 1.04. The molecule has 0 bridgehead atoms. The topological polar surface area (TPSA) is 56.8 Å². The second-order valence-corrected chi connectivity index (χ2v) is 5.96. The van der Waals surface area contributed by atoms with Crippen LogP contribution in [0.5, 0.6) is 0 Å². The van der Waals surface area contributed by atoms with E-state index in [9.17, 15) is 0 Å². The third-order valence-electron chi connectivity index (χ3n) is 3.76. The molecule has 0 radical (unpaired) electrons. The number of hydrogen-bond donors (Lipinski definition) is 2. The van der Waals surface area contributed by atoms with Crippen LogP contribution in [0.3, 0.4) is 0 Å². The Kier molecular flexibility index (Phi) is 4.03. The Balaban J connectivity index is 1.74. The Morgan fingerprint density at radius 2 is 2.15 bits per heavy atom. The van der Waals surface area contributed by atoms with Crippen molar-refractivity contribution in [2.24, 2.45) is 0 Å². The standard InChI is InChI=1S/C14H18BrN5/c1-16-12-5-7-20(8-6-12)14-17-13(18-19-14)10-3-2-4-11(15)9-10/h2-4,9,12,16H,5-8H2,1H3,(H,17,18,19). The maximum atomic E-state index is 4.61. The fourth-order valence-corrected chi connectivity index (χ4v) is 2.93. The molecule has 0 unspecified atom stereocenters. The predicted molar refractivity (Wildman–Crippen MR) is 83.8 cm³/mol. The lowest BCUT2D eigenvalue weighted by Gasteiger charge is -2.30. The van der Waals surface area contributed by atoms with E-state index >= 15 is 0 Å². The maximum Gasteiger partial charge on any atom is 0.245 e. The molecule has 0 amide bonds. The summed E-state index contributed by atoms with van der Waals surface area (Å²) < 4.78 is 1.04. The molecular formula is C14H18BrN5. The number of halogens is 1. The third-order valence-corrected chi connectivity index (χ3v) is 4.25. The molecule has 2 heterocycles. The largest absolute Gasteiger partial charge is 0.339 e. The molecule has 20 heavy (non-hydrogen) atoms. The summed E-state index contributed by atoms with van der Waals surface area (Å²) in [7, 11) is 2.03. The van der Waals surface area contributed by atoms with Crippen molar-refractivity contribution in [3.63, 3.8) is 0 Å². The highest BCUT2D eigenvalue weighted by Gasteiger charge is 2.20. The van der Waals surface area contributed by atoms with E-state index in [2.05, 4.69) is 41.3 Å². The van der Waals surface area contributed by atoms with E-state index in [1.807, 2.05) is 31.3 Å². The van der Waals surface area contributed by atoms with Crippen LogP contribution in [-0.2, 0) is 0 Å². The smallest absolute Gasteiger partial charge is 0.245 e. The van der Waals surface area contributed by atoms with Gasteiger partial charge in [-0.3, -0.25) is 5.10 Å². The average molecular weight is 336 g/mol. The fraction of sp³-hybridized carbons (Fsp3) is 0.429. The van der Waals surface area contributed by atoms with Crippen molar-refractivity contribution in [2.45, 2.75) is 18.9 Å². The number of aromatic amines is 1. The van der Waals surface area contributed by atoms with E-state index in [0.717, 1.165) is 47.7 Å². The molecule has 3 rings (SSSR count). The molecule has 1 saturated heterocycles. The minimum atomic E-state index is 0.620. The highest BCUT2D eigenvalue weighted by molar-refractivity contribution is 9.10. The first-order valence-electron chi connectivity index (χ1n) is 6.87. The summed E-state index contributed by atoms with van der Waals surface area (Å²) >= 11 is 3.48. The second-order valence-electron chi connectivity index (χ2n) is 5.04. The number of piperidine rings is 1. The Bertz CT molecular complexity index is 574. The molecular weight excluding hydrogens is 318 g/mol. The number of nitrogens with one attached hydrogen (secondary N) is 2. The first-order chi connectivity index (χ1) is 9.76. The Morgan fingerprint density at radius 1 is 1.35 bits per heavy atom. The Labute approximate surface area is 126 Å². The summed E-state index contributed by atoms with van der Waals surface area (Å²) in [6, 6.07) is 8.69. The first kappa shape index (κ1) is 13.6. The third kappa shape index (κ3) is 2.86. The second kappa shape index (κ2) is 5.93. The minimum Gasteiger partial charge on any atom is -0.339 e. The van der Waals surface area contributed by atoms with Crippen LogP contribution in [-0.4, -0.2) is 41.4 Å². The Hall–Kier alpha value is -1.40. The molecule has 1 aliphatic heterocycles. The Morgan fingerprint density at radius 3 is 2.85 bits per heavy atom.